The lowest BCUT2D eigenvalue weighted by Crippen LogP contribution is -2.74. The van der Waals surface area contributed by atoms with Gasteiger partial charge >= 0.3 is 11.9 Å². The van der Waals surface area contributed by atoms with Crippen LogP contribution in [0.2, 0.25) is 0 Å². The summed E-state index contributed by atoms with van der Waals surface area (Å²) < 4.78 is 17.3. The first-order valence-corrected chi connectivity index (χ1v) is 14.8. The normalized spacial score (nSPS) is 19.5. The number of benzene rings is 3. The molecule has 44 heavy (non-hydrogen) atoms. The molecule has 0 aromatic heterocycles. The van der Waals surface area contributed by atoms with Crippen molar-refractivity contribution in [1.29, 1.82) is 0 Å². The standard InChI is InChI=1S/C32H29N3O8S/c1-3-42-32(33-18-22-14-16-26(17-15-22)35(39)40)30(38)34-27(25(19-41-21(2)36)20-44-31(32)34)29(37)43-28(23-10-6-4-7-11-23)24-12-8-5-9-13-24/h4-18,28,31H,3,19-20H2,1-2H3/t31-,32-/m1/s1. The summed E-state index contributed by atoms with van der Waals surface area (Å²) in [7, 11) is 0. The Bertz CT molecular complexity index is 1570. The molecule has 0 bridgehead atoms. The van der Waals surface area contributed by atoms with Crippen molar-refractivity contribution in [3.63, 3.8) is 0 Å². The van der Waals surface area contributed by atoms with Crippen LogP contribution in [0, 0.1) is 10.1 Å². The van der Waals surface area contributed by atoms with E-state index in [1.54, 1.807) is 6.92 Å². The summed E-state index contributed by atoms with van der Waals surface area (Å²) >= 11 is 1.32. The molecule has 0 unspecified atom stereocenters. The average Bonchev–Trinajstić information content (AvgIpc) is 3.04. The number of hydrogen-bond acceptors (Lipinski definition) is 10. The molecule has 0 N–H and O–H groups in total. The number of nitro benzene ring substituents is 1. The van der Waals surface area contributed by atoms with Gasteiger partial charge in [0, 0.05) is 43.2 Å². The van der Waals surface area contributed by atoms with Crippen molar-refractivity contribution in [1.82, 2.24) is 4.90 Å². The number of carbonyl (C=O) groups excluding carboxylic acids is 3. The molecule has 1 saturated heterocycles. The molecule has 11 nitrogen and oxygen atoms in total. The molecule has 0 spiro atoms. The van der Waals surface area contributed by atoms with Crippen molar-refractivity contribution in [3.05, 3.63) is 123 Å². The second-order valence-corrected chi connectivity index (χ2v) is 11.0. The van der Waals surface area contributed by atoms with Crippen molar-refractivity contribution in [2.75, 3.05) is 19.0 Å². The maximum absolute atomic E-state index is 14.0. The van der Waals surface area contributed by atoms with Crippen LogP contribution < -0.4 is 0 Å². The van der Waals surface area contributed by atoms with E-state index in [2.05, 4.69) is 4.99 Å². The van der Waals surface area contributed by atoms with Crippen molar-refractivity contribution in [2.24, 2.45) is 4.99 Å². The fraction of sp³-hybridized carbons (Fsp3) is 0.250. The molecule has 0 radical (unpaired) electrons. The van der Waals surface area contributed by atoms with Gasteiger partial charge in [-0.2, -0.15) is 0 Å². The van der Waals surface area contributed by atoms with Gasteiger partial charge in [0.2, 0.25) is 0 Å². The van der Waals surface area contributed by atoms with Gasteiger partial charge in [0.25, 0.3) is 17.3 Å². The maximum atomic E-state index is 14.0. The van der Waals surface area contributed by atoms with Crippen molar-refractivity contribution >= 4 is 41.5 Å². The number of fused-ring (bicyclic) bond motifs is 1. The molecule has 5 rings (SSSR count). The highest BCUT2D eigenvalue weighted by Gasteiger charge is 2.66. The first-order chi connectivity index (χ1) is 21.2. The number of esters is 2. The zero-order valence-electron chi connectivity index (χ0n) is 24.0. The minimum atomic E-state index is -1.64. The van der Waals surface area contributed by atoms with Crippen molar-refractivity contribution in [2.45, 2.75) is 31.1 Å². The van der Waals surface area contributed by atoms with E-state index in [1.807, 2.05) is 60.7 Å². The van der Waals surface area contributed by atoms with E-state index in [0.29, 0.717) is 11.1 Å². The molecule has 2 heterocycles. The zero-order valence-corrected chi connectivity index (χ0v) is 24.8. The Hall–Kier alpha value is -4.81. The van der Waals surface area contributed by atoms with E-state index in [-0.39, 0.29) is 30.4 Å². The Morgan fingerprint density at radius 2 is 1.68 bits per heavy atom. The predicted molar refractivity (Wildman–Crippen MR) is 163 cm³/mol. The lowest BCUT2D eigenvalue weighted by atomic mass is 9.98. The Morgan fingerprint density at radius 1 is 1.07 bits per heavy atom. The fourth-order valence-corrected chi connectivity index (χ4v) is 6.35. The smallest absolute Gasteiger partial charge is 0.356 e. The Labute approximate surface area is 257 Å². The molecule has 2 aliphatic rings. The molecular weight excluding hydrogens is 586 g/mol. The molecule has 3 aromatic carbocycles. The molecule has 0 aliphatic carbocycles. The van der Waals surface area contributed by atoms with E-state index >= 15 is 0 Å². The Kier molecular flexibility index (Phi) is 9.21. The quantitative estimate of drug-likeness (QED) is 0.0978. The minimum Gasteiger partial charge on any atom is -0.461 e. The Morgan fingerprint density at radius 3 is 2.23 bits per heavy atom. The number of aliphatic imine (C=N–C) groups is 1. The van der Waals surface area contributed by atoms with E-state index in [0.717, 1.165) is 11.1 Å². The number of non-ortho nitro benzene ring substituents is 1. The molecule has 12 heteroatoms. The van der Waals surface area contributed by atoms with Crippen molar-refractivity contribution in [3.8, 4) is 0 Å². The molecule has 2 aliphatic heterocycles. The second-order valence-electron chi connectivity index (χ2n) is 9.91. The third kappa shape index (κ3) is 6.12. The number of hydrogen-bond donors (Lipinski definition) is 0. The van der Waals surface area contributed by atoms with E-state index in [9.17, 15) is 24.5 Å². The highest BCUT2D eigenvalue weighted by atomic mass is 32.2. The summed E-state index contributed by atoms with van der Waals surface area (Å²) in [6.07, 6.45) is 0.653. The van der Waals surface area contributed by atoms with Gasteiger partial charge in [-0.3, -0.25) is 24.6 Å². The number of rotatable bonds is 11. The first-order valence-electron chi connectivity index (χ1n) is 13.8. The van der Waals surface area contributed by atoms with Crippen molar-refractivity contribution < 1.29 is 33.5 Å². The summed E-state index contributed by atoms with van der Waals surface area (Å²) in [5, 5.41) is 10.3. The molecule has 3 aromatic rings. The monoisotopic (exact) mass is 615 g/mol. The number of thioether (sulfide) groups is 1. The summed E-state index contributed by atoms with van der Waals surface area (Å²) in [5.41, 5.74) is 0.693. The van der Waals surface area contributed by atoms with Crippen LogP contribution in [0.5, 0.6) is 0 Å². The van der Waals surface area contributed by atoms with E-state index in [1.165, 1.54) is 54.1 Å². The summed E-state index contributed by atoms with van der Waals surface area (Å²) in [5.74, 6) is -1.63. The third-order valence-electron chi connectivity index (χ3n) is 7.03. The van der Waals surface area contributed by atoms with Gasteiger partial charge in [0.1, 0.15) is 17.7 Å². The molecule has 1 fully saturated rings. The van der Waals surface area contributed by atoms with Gasteiger partial charge in [-0.1, -0.05) is 60.7 Å². The van der Waals surface area contributed by atoms with Gasteiger partial charge in [0.05, 0.1) is 4.92 Å². The summed E-state index contributed by atoms with van der Waals surface area (Å²) in [6.45, 7) is 2.95. The number of nitrogens with zero attached hydrogens (tertiary/aromatic N) is 3. The van der Waals surface area contributed by atoms with Gasteiger partial charge in [-0.15, -0.1) is 11.8 Å². The lowest BCUT2D eigenvalue weighted by Gasteiger charge is -2.54. The number of amides is 1. The van der Waals surface area contributed by atoms with Gasteiger partial charge in [-0.25, -0.2) is 9.79 Å². The third-order valence-corrected chi connectivity index (χ3v) is 8.39. The van der Waals surface area contributed by atoms with Crippen LogP contribution in [-0.4, -0.2) is 63.9 Å². The lowest BCUT2D eigenvalue weighted by molar-refractivity contribution is -0.384. The summed E-state index contributed by atoms with van der Waals surface area (Å²) in [6, 6.07) is 24.2. The molecule has 1 amide bonds. The summed E-state index contributed by atoms with van der Waals surface area (Å²) in [4.78, 5) is 56.0. The minimum absolute atomic E-state index is 0.0160. The Balaban J connectivity index is 1.49. The second kappa shape index (κ2) is 13.2. The average molecular weight is 616 g/mol. The predicted octanol–water partition coefficient (Wildman–Crippen LogP) is 4.81. The fourth-order valence-electron chi connectivity index (χ4n) is 4.97. The van der Waals surface area contributed by atoms with Crippen LogP contribution in [0.15, 0.2) is 101 Å². The SMILES string of the molecule is CCO[C@]1(N=Cc2ccc([N+](=O)[O-])cc2)C(=O)N2C(C(=O)OC(c3ccccc3)c3ccccc3)=C(COC(C)=O)CS[C@@H]21. The van der Waals surface area contributed by atoms with Crippen LogP contribution in [0.4, 0.5) is 5.69 Å². The zero-order chi connectivity index (χ0) is 31.3. The van der Waals surface area contributed by atoms with Gasteiger partial charge < -0.3 is 14.2 Å². The molecule has 226 valence electrons. The topological polar surface area (TPSA) is 138 Å². The van der Waals surface area contributed by atoms with Crippen LogP contribution in [0.1, 0.15) is 36.6 Å². The van der Waals surface area contributed by atoms with E-state index < -0.39 is 40.0 Å². The van der Waals surface area contributed by atoms with Gasteiger partial charge in [0.15, 0.2) is 6.10 Å². The maximum Gasteiger partial charge on any atom is 0.356 e. The largest absolute Gasteiger partial charge is 0.461 e. The van der Waals surface area contributed by atoms with Crippen LogP contribution in [0.25, 0.3) is 0 Å². The molecule has 0 saturated carbocycles. The molecule has 2 atom stereocenters. The number of ether oxygens (including phenoxy) is 3. The van der Waals surface area contributed by atoms with Crippen LogP contribution in [-0.2, 0) is 28.6 Å². The van der Waals surface area contributed by atoms with Crippen LogP contribution in [0.3, 0.4) is 0 Å². The highest BCUT2D eigenvalue weighted by molar-refractivity contribution is 8.00. The number of carbonyl (C=O) groups is 3. The number of nitro groups is 1. The first kappa shape index (κ1) is 30.6. The number of β-lactam (4-membered cyclic amide) rings is 1. The van der Waals surface area contributed by atoms with E-state index in [4.69, 9.17) is 14.2 Å². The van der Waals surface area contributed by atoms with Crippen LogP contribution >= 0.6 is 11.8 Å². The van der Waals surface area contributed by atoms with Gasteiger partial charge in [-0.05, 0) is 35.7 Å². The highest BCUT2D eigenvalue weighted by Crippen LogP contribution is 2.49. The molecular formula is C32H29N3O8S.